The first kappa shape index (κ1) is 10.9. The normalized spacial score (nSPS) is 10.3. The molecular formula is C11H17NO2. The number of phenolic OH excluding ortho intramolecular Hbond substituents is 1. The fourth-order valence-corrected chi connectivity index (χ4v) is 1.54. The van der Waals surface area contributed by atoms with Gasteiger partial charge in [0.15, 0.2) is 11.5 Å². The lowest BCUT2D eigenvalue weighted by Crippen LogP contribution is -2.06. The van der Waals surface area contributed by atoms with Crippen molar-refractivity contribution in [2.45, 2.75) is 20.3 Å². The SMILES string of the molecule is COc1cc(C)c(C)c(CCN)c1O. The van der Waals surface area contributed by atoms with E-state index >= 15 is 0 Å². The van der Waals surface area contributed by atoms with Crippen LogP contribution >= 0.6 is 0 Å². The Balaban J connectivity index is 3.29. The Morgan fingerprint density at radius 1 is 1.43 bits per heavy atom. The van der Waals surface area contributed by atoms with Crippen LogP contribution in [0.1, 0.15) is 16.7 Å². The molecule has 0 fully saturated rings. The molecule has 14 heavy (non-hydrogen) atoms. The number of benzene rings is 1. The van der Waals surface area contributed by atoms with E-state index in [1.807, 2.05) is 19.9 Å². The number of nitrogens with two attached hydrogens (primary N) is 1. The number of hydrogen-bond donors (Lipinski definition) is 2. The minimum Gasteiger partial charge on any atom is -0.504 e. The Morgan fingerprint density at radius 3 is 2.57 bits per heavy atom. The summed E-state index contributed by atoms with van der Waals surface area (Å²) in [5.74, 6) is 0.748. The van der Waals surface area contributed by atoms with Crippen LogP contribution in [0.5, 0.6) is 11.5 Å². The highest BCUT2D eigenvalue weighted by molar-refractivity contribution is 5.53. The van der Waals surface area contributed by atoms with Gasteiger partial charge in [0.1, 0.15) is 0 Å². The molecule has 0 bridgehead atoms. The molecule has 0 unspecified atom stereocenters. The molecule has 3 N–H and O–H groups in total. The highest BCUT2D eigenvalue weighted by atomic mass is 16.5. The van der Waals surface area contributed by atoms with Gasteiger partial charge in [0.05, 0.1) is 7.11 Å². The molecule has 1 aromatic carbocycles. The van der Waals surface area contributed by atoms with E-state index in [1.54, 1.807) is 7.11 Å². The predicted octanol–water partition coefficient (Wildman–Crippen LogP) is 1.52. The second-order valence-corrected chi connectivity index (χ2v) is 3.39. The van der Waals surface area contributed by atoms with Gasteiger partial charge in [-0.05, 0) is 44.0 Å². The van der Waals surface area contributed by atoms with Gasteiger partial charge in [-0.15, -0.1) is 0 Å². The van der Waals surface area contributed by atoms with Crippen molar-refractivity contribution in [2.75, 3.05) is 13.7 Å². The van der Waals surface area contributed by atoms with Gasteiger partial charge < -0.3 is 15.6 Å². The third kappa shape index (κ3) is 1.82. The van der Waals surface area contributed by atoms with E-state index in [-0.39, 0.29) is 5.75 Å². The van der Waals surface area contributed by atoms with Gasteiger partial charge in [-0.3, -0.25) is 0 Å². The van der Waals surface area contributed by atoms with Crippen LogP contribution in [0.4, 0.5) is 0 Å². The summed E-state index contributed by atoms with van der Waals surface area (Å²) < 4.78 is 5.08. The molecule has 1 aromatic rings. The summed E-state index contributed by atoms with van der Waals surface area (Å²) in [6.07, 6.45) is 0.676. The summed E-state index contributed by atoms with van der Waals surface area (Å²) in [5.41, 5.74) is 8.59. The van der Waals surface area contributed by atoms with Crippen molar-refractivity contribution in [3.8, 4) is 11.5 Å². The van der Waals surface area contributed by atoms with E-state index < -0.39 is 0 Å². The van der Waals surface area contributed by atoms with Crippen molar-refractivity contribution in [3.63, 3.8) is 0 Å². The van der Waals surface area contributed by atoms with Gasteiger partial charge in [-0.2, -0.15) is 0 Å². The van der Waals surface area contributed by atoms with E-state index in [9.17, 15) is 5.11 Å². The highest BCUT2D eigenvalue weighted by Crippen LogP contribution is 2.34. The minimum atomic E-state index is 0.223. The fraction of sp³-hybridized carbons (Fsp3) is 0.455. The van der Waals surface area contributed by atoms with Crippen LogP contribution in [0, 0.1) is 13.8 Å². The number of ether oxygens (including phenoxy) is 1. The predicted molar refractivity (Wildman–Crippen MR) is 56.9 cm³/mol. The van der Waals surface area contributed by atoms with Crippen LogP contribution in [0.2, 0.25) is 0 Å². The molecule has 0 aliphatic rings. The van der Waals surface area contributed by atoms with Crippen LogP contribution < -0.4 is 10.5 Å². The van der Waals surface area contributed by atoms with Gasteiger partial charge in [-0.25, -0.2) is 0 Å². The van der Waals surface area contributed by atoms with Crippen molar-refractivity contribution in [1.29, 1.82) is 0 Å². The van der Waals surface area contributed by atoms with Crippen molar-refractivity contribution in [1.82, 2.24) is 0 Å². The summed E-state index contributed by atoms with van der Waals surface area (Å²) in [6, 6.07) is 1.84. The Bertz CT molecular complexity index is 335. The highest BCUT2D eigenvalue weighted by Gasteiger charge is 2.12. The first-order valence-electron chi connectivity index (χ1n) is 4.68. The van der Waals surface area contributed by atoms with Gasteiger partial charge in [0, 0.05) is 5.56 Å². The topological polar surface area (TPSA) is 55.5 Å². The van der Waals surface area contributed by atoms with E-state index in [4.69, 9.17) is 10.5 Å². The van der Waals surface area contributed by atoms with Gasteiger partial charge in [0.25, 0.3) is 0 Å². The molecule has 0 amide bonds. The zero-order chi connectivity index (χ0) is 10.7. The van der Waals surface area contributed by atoms with E-state index in [0.29, 0.717) is 18.7 Å². The molecule has 0 heterocycles. The maximum Gasteiger partial charge on any atom is 0.161 e. The van der Waals surface area contributed by atoms with E-state index in [2.05, 4.69) is 0 Å². The first-order chi connectivity index (χ1) is 6.61. The van der Waals surface area contributed by atoms with Crippen molar-refractivity contribution in [2.24, 2.45) is 5.73 Å². The zero-order valence-electron chi connectivity index (χ0n) is 8.92. The molecular weight excluding hydrogens is 178 g/mol. The first-order valence-corrected chi connectivity index (χ1v) is 4.68. The third-order valence-corrected chi connectivity index (χ3v) is 2.53. The molecule has 1 rings (SSSR count). The Hall–Kier alpha value is -1.22. The van der Waals surface area contributed by atoms with E-state index in [1.165, 1.54) is 0 Å². The molecule has 3 nitrogen and oxygen atoms in total. The lowest BCUT2D eigenvalue weighted by atomic mass is 9.99. The quantitative estimate of drug-likeness (QED) is 0.768. The molecule has 0 aliphatic carbocycles. The summed E-state index contributed by atoms with van der Waals surface area (Å²) in [5, 5.41) is 9.84. The van der Waals surface area contributed by atoms with Crippen LogP contribution in [0.15, 0.2) is 6.07 Å². The molecule has 0 saturated carbocycles. The molecule has 0 aromatic heterocycles. The van der Waals surface area contributed by atoms with Gasteiger partial charge in [0.2, 0.25) is 0 Å². The second kappa shape index (κ2) is 4.33. The Kier molecular flexibility index (Phi) is 3.36. The van der Waals surface area contributed by atoms with E-state index in [0.717, 1.165) is 16.7 Å². The molecule has 78 valence electrons. The van der Waals surface area contributed by atoms with Crippen LogP contribution in [-0.4, -0.2) is 18.8 Å². The molecule has 0 aliphatic heterocycles. The zero-order valence-corrected chi connectivity index (χ0v) is 8.92. The minimum absolute atomic E-state index is 0.223. The molecule has 0 atom stereocenters. The smallest absolute Gasteiger partial charge is 0.161 e. The molecule has 0 spiro atoms. The molecule has 0 radical (unpaired) electrons. The number of rotatable bonds is 3. The summed E-state index contributed by atoms with van der Waals surface area (Å²) in [7, 11) is 1.55. The summed E-state index contributed by atoms with van der Waals surface area (Å²) in [6.45, 7) is 4.51. The van der Waals surface area contributed by atoms with Crippen LogP contribution in [0.25, 0.3) is 0 Å². The fourth-order valence-electron chi connectivity index (χ4n) is 1.54. The average Bonchev–Trinajstić information content (AvgIpc) is 2.18. The maximum atomic E-state index is 9.84. The second-order valence-electron chi connectivity index (χ2n) is 3.39. The number of aromatic hydroxyl groups is 1. The van der Waals surface area contributed by atoms with Gasteiger partial charge >= 0.3 is 0 Å². The number of aryl methyl sites for hydroxylation is 1. The van der Waals surface area contributed by atoms with Crippen molar-refractivity contribution >= 4 is 0 Å². The standard InChI is InChI=1S/C11H17NO2/c1-7-6-10(14-3)11(13)9(4-5-12)8(7)2/h6,13H,4-5,12H2,1-3H3. The lowest BCUT2D eigenvalue weighted by molar-refractivity contribution is 0.370. The van der Waals surface area contributed by atoms with Crippen molar-refractivity contribution in [3.05, 3.63) is 22.8 Å². The Labute approximate surface area is 84.5 Å². The summed E-state index contributed by atoms with van der Waals surface area (Å²) >= 11 is 0. The number of methoxy groups -OCH3 is 1. The lowest BCUT2D eigenvalue weighted by Gasteiger charge is -2.13. The number of hydrogen-bond acceptors (Lipinski definition) is 3. The molecule has 0 saturated heterocycles. The third-order valence-electron chi connectivity index (χ3n) is 2.53. The largest absolute Gasteiger partial charge is 0.504 e. The molecule has 3 heteroatoms. The summed E-state index contributed by atoms with van der Waals surface area (Å²) in [4.78, 5) is 0. The Morgan fingerprint density at radius 2 is 2.07 bits per heavy atom. The van der Waals surface area contributed by atoms with Crippen LogP contribution in [0.3, 0.4) is 0 Å². The van der Waals surface area contributed by atoms with Crippen LogP contribution in [-0.2, 0) is 6.42 Å². The van der Waals surface area contributed by atoms with Crippen molar-refractivity contribution < 1.29 is 9.84 Å². The average molecular weight is 195 g/mol. The van der Waals surface area contributed by atoms with Gasteiger partial charge in [-0.1, -0.05) is 0 Å². The maximum absolute atomic E-state index is 9.84. The monoisotopic (exact) mass is 195 g/mol. The number of phenols is 1.